The van der Waals surface area contributed by atoms with Gasteiger partial charge in [-0.2, -0.15) is 0 Å². The van der Waals surface area contributed by atoms with Crippen LogP contribution in [0.15, 0.2) is 12.7 Å². The fraction of sp³-hybridized carbons (Fsp3) is 0.750. The van der Waals surface area contributed by atoms with Crippen LogP contribution in [0.4, 0.5) is 0 Å². The highest BCUT2D eigenvalue weighted by atomic mass is 16.1. The maximum absolute atomic E-state index is 11.4. The predicted octanol–water partition coefficient (Wildman–Crippen LogP) is 1.83. The third-order valence-electron chi connectivity index (χ3n) is 2.60. The van der Waals surface area contributed by atoms with Crippen molar-refractivity contribution in [2.75, 3.05) is 13.1 Å². The van der Waals surface area contributed by atoms with E-state index in [4.69, 9.17) is 5.73 Å². The lowest BCUT2D eigenvalue weighted by Crippen LogP contribution is -2.24. The summed E-state index contributed by atoms with van der Waals surface area (Å²) in [5.74, 6) is 0.743. The molecule has 0 rings (SSSR count). The van der Waals surface area contributed by atoms with E-state index in [9.17, 15) is 4.79 Å². The van der Waals surface area contributed by atoms with Gasteiger partial charge in [0.15, 0.2) is 0 Å². The topological polar surface area (TPSA) is 55.1 Å². The molecule has 3 N–H and O–H groups in total. The van der Waals surface area contributed by atoms with Crippen LogP contribution in [-0.4, -0.2) is 19.0 Å². The largest absolute Gasteiger partial charge is 0.356 e. The average Bonchev–Trinajstić information content (AvgIpc) is 2.24. The molecular weight excluding hydrogens is 188 g/mol. The molecule has 0 fully saturated rings. The van der Waals surface area contributed by atoms with Gasteiger partial charge in [-0.25, -0.2) is 0 Å². The summed E-state index contributed by atoms with van der Waals surface area (Å²) in [5, 5.41) is 2.86. The first-order valence-electron chi connectivity index (χ1n) is 5.82. The molecule has 3 nitrogen and oxygen atoms in total. The third-order valence-corrected chi connectivity index (χ3v) is 2.60. The van der Waals surface area contributed by atoms with Crippen LogP contribution < -0.4 is 11.1 Å². The Labute approximate surface area is 93.1 Å². The average molecular weight is 212 g/mol. The molecule has 1 unspecified atom stereocenters. The van der Waals surface area contributed by atoms with Crippen LogP contribution in [0.3, 0.4) is 0 Å². The molecule has 0 radical (unpaired) electrons. The minimum absolute atomic E-state index is 0.146. The molecule has 0 saturated heterocycles. The summed E-state index contributed by atoms with van der Waals surface area (Å²) >= 11 is 0. The van der Waals surface area contributed by atoms with Crippen LogP contribution in [0.5, 0.6) is 0 Å². The third kappa shape index (κ3) is 8.18. The van der Waals surface area contributed by atoms with Crippen LogP contribution in [0.25, 0.3) is 0 Å². The number of hydrogen-bond acceptors (Lipinski definition) is 2. The Hall–Kier alpha value is -0.830. The smallest absolute Gasteiger partial charge is 0.220 e. The van der Waals surface area contributed by atoms with Gasteiger partial charge < -0.3 is 11.1 Å². The maximum Gasteiger partial charge on any atom is 0.220 e. The van der Waals surface area contributed by atoms with Gasteiger partial charge in [-0.3, -0.25) is 4.79 Å². The molecule has 1 amide bonds. The zero-order valence-corrected chi connectivity index (χ0v) is 9.80. The quantitative estimate of drug-likeness (QED) is 0.452. The summed E-state index contributed by atoms with van der Waals surface area (Å²) in [6, 6.07) is 0. The molecule has 0 aromatic heterocycles. The standard InChI is InChI=1S/C12H24N2O/c1-3-5-10-14-12(15)7-6-11(4-2)8-9-13/h3,11H,1,4-10,13H2,2H3,(H,14,15). The Kier molecular flexibility index (Phi) is 9.18. The summed E-state index contributed by atoms with van der Waals surface area (Å²) in [4.78, 5) is 11.4. The van der Waals surface area contributed by atoms with E-state index in [1.54, 1.807) is 0 Å². The van der Waals surface area contributed by atoms with Crippen molar-refractivity contribution < 1.29 is 4.79 Å². The number of carbonyl (C=O) groups is 1. The highest BCUT2D eigenvalue weighted by Gasteiger charge is 2.08. The van der Waals surface area contributed by atoms with E-state index in [1.807, 2.05) is 6.08 Å². The van der Waals surface area contributed by atoms with Crippen LogP contribution in [0.1, 0.15) is 39.0 Å². The van der Waals surface area contributed by atoms with E-state index < -0.39 is 0 Å². The molecule has 0 saturated carbocycles. The molecule has 0 aliphatic heterocycles. The Balaban J connectivity index is 3.54. The number of nitrogens with two attached hydrogens (primary N) is 1. The first kappa shape index (κ1) is 14.2. The lowest BCUT2D eigenvalue weighted by Gasteiger charge is -2.12. The van der Waals surface area contributed by atoms with Crippen molar-refractivity contribution in [3.63, 3.8) is 0 Å². The van der Waals surface area contributed by atoms with Gasteiger partial charge in [0.2, 0.25) is 5.91 Å². The Morgan fingerprint density at radius 2 is 2.27 bits per heavy atom. The van der Waals surface area contributed by atoms with E-state index in [2.05, 4.69) is 18.8 Å². The number of hydrogen-bond donors (Lipinski definition) is 2. The van der Waals surface area contributed by atoms with Gasteiger partial charge in [0.25, 0.3) is 0 Å². The van der Waals surface area contributed by atoms with Crippen LogP contribution in [-0.2, 0) is 4.79 Å². The van der Waals surface area contributed by atoms with E-state index in [0.29, 0.717) is 18.9 Å². The molecule has 0 aliphatic carbocycles. The minimum Gasteiger partial charge on any atom is -0.356 e. The first-order chi connectivity index (χ1) is 7.24. The van der Waals surface area contributed by atoms with Gasteiger partial charge >= 0.3 is 0 Å². The van der Waals surface area contributed by atoms with E-state index in [1.165, 1.54) is 0 Å². The predicted molar refractivity (Wildman–Crippen MR) is 64.5 cm³/mol. The Morgan fingerprint density at radius 1 is 1.53 bits per heavy atom. The second-order valence-corrected chi connectivity index (χ2v) is 3.82. The molecule has 0 heterocycles. The fourth-order valence-corrected chi connectivity index (χ4v) is 1.53. The summed E-state index contributed by atoms with van der Waals surface area (Å²) < 4.78 is 0. The van der Waals surface area contributed by atoms with Gasteiger partial charge in [0.05, 0.1) is 0 Å². The molecule has 0 aliphatic rings. The normalized spacial score (nSPS) is 12.1. The van der Waals surface area contributed by atoms with E-state index >= 15 is 0 Å². The second kappa shape index (κ2) is 9.71. The zero-order valence-electron chi connectivity index (χ0n) is 9.80. The second-order valence-electron chi connectivity index (χ2n) is 3.82. The molecule has 0 bridgehead atoms. The maximum atomic E-state index is 11.4. The highest BCUT2D eigenvalue weighted by molar-refractivity contribution is 5.75. The van der Waals surface area contributed by atoms with Gasteiger partial charge in [-0.1, -0.05) is 19.4 Å². The van der Waals surface area contributed by atoms with Crippen LogP contribution in [0, 0.1) is 5.92 Å². The fourth-order valence-electron chi connectivity index (χ4n) is 1.53. The van der Waals surface area contributed by atoms with E-state index in [-0.39, 0.29) is 5.91 Å². The van der Waals surface area contributed by atoms with Crippen molar-refractivity contribution in [2.45, 2.75) is 39.0 Å². The van der Waals surface area contributed by atoms with Crippen molar-refractivity contribution in [2.24, 2.45) is 11.7 Å². The van der Waals surface area contributed by atoms with Crippen molar-refractivity contribution >= 4 is 5.91 Å². The molecule has 0 spiro atoms. The SMILES string of the molecule is C=CCCNC(=O)CCC(CC)CCN. The first-order valence-corrected chi connectivity index (χ1v) is 5.82. The molecule has 3 heteroatoms. The zero-order chi connectivity index (χ0) is 11.5. The highest BCUT2D eigenvalue weighted by Crippen LogP contribution is 2.14. The number of nitrogens with one attached hydrogen (secondary N) is 1. The van der Waals surface area contributed by atoms with Gasteiger partial charge in [0, 0.05) is 13.0 Å². The summed E-state index contributed by atoms with van der Waals surface area (Å²) in [5.41, 5.74) is 5.50. The summed E-state index contributed by atoms with van der Waals surface area (Å²) in [6.45, 7) is 7.18. The van der Waals surface area contributed by atoms with Crippen molar-refractivity contribution in [1.29, 1.82) is 0 Å². The van der Waals surface area contributed by atoms with Gasteiger partial charge in [-0.15, -0.1) is 6.58 Å². The lowest BCUT2D eigenvalue weighted by molar-refractivity contribution is -0.121. The van der Waals surface area contributed by atoms with Gasteiger partial charge in [-0.05, 0) is 31.7 Å². The minimum atomic E-state index is 0.146. The van der Waals surface area contributed by atoms with Crippen LogP contribution in [0.2, 0.25) is 0 Å². The lowest BCUT2D eigenvalue weighted by atomic mass is 9.96. The Morgan fingerprint density at radius 3 is 2.80 bits per heavy atom. The summed E-state index contributed by atoms with van der Waals surface area (Å²) in [7, 11) is 0. The van der Waals surface area contributed by atoms with E-state index in [0.717, 1.165) is 32.2 Å². The molecule has 0 aromatic rings. The van der Waals surface area contributed by atoms with Crippen LogP contribution >= 0.6 is 0 Å². The molecule has 15 heavy (non-hydrogen) atoms. The molecule has 1 atom stereocenters. The van der Waals surface area contributed by atoms with Gasteiger partial charge in [0.1, 0.15) is 0 Å². The Bertz CT molecular complexity index is 180. The number of carbonyl (C=O) groups excluding carboxylic acids is 1. The molecular formula is C12H24N2O. The molecule has 0 aromatic carbocycles. The van der Waals surface area contributed by atoms with Crippen molar-refractivity contribution in [1.82, 2.24) is 5.32 Å². The summed E-state index contributed by atoms with van der Waals surface area (Å²) in [6.07, 6.45) is 6.35. The van der Waals surface area contributed by atoms with Crippen molar-refractivity contribution in [3.05, 3.63) is 12.7 Å². The monoisotopic (exact) mass is 212 g/mol. The molecule has 88 valence electrons. The van der Waals surface area contributed by atoms with Crippen molar-refractivity contribution in [3.8, 4) is 0 Å². The number of rotatable bonds is 9. The number of amides is 1.